The fourth-order valence-electron chi connectivity index (χ4n) is 6.87. The van der Waals surface area contributed by atoms with Gasteiger partial charge in [-0.3, -0.25) is 4.98 Å². The van der Waals surface area contributed by atoms with Crippen LogP contribution >= 0.6 is 0 Å². The van der Waals surface area contributed by atoms with Gasteiger partial charge in [-0.2, -0.15) is 0 Å². The molecule has 0 unspecified atom stereocenters. The number of fused-ring (bicyclic) bond motifs is 6. The third kappa shape index (κ3) is 4.83. The van der Waals surface area contributed by atoms with Gasteiger partial charge in [0.05, 0.1) is 11.4 Å². The van der Waals surface area contributed by atoms with Crippen LogP contribution in [0.4, 0.5) is 0 Å². The molecule has 4 heterocycles. The van der Waals surface area contributed by atoms with Gasteiger partial charge in [0.15, 0.2) is 5.82 Å². The van der Waals surface area contributed by atoms with E-state index in [1.807, 2.05) is 60.8 Å². The maximum absolute atomic E-state index is 6.17. The van der Waals surface area contributed by atoms with Gasteiger partial charge >= 0.3 is 0 Å². The molecular formula is C45H27N3O2. The number of hydrogen-bond acceptors (Lipinski definition) is 5. The molecule has 0 saturated heterocycles. The molecule has 0 aliphatic carbocycles. The van der Waals surface area contributed by atoms with E-state index in [0.717, 1.165) is 94.2 Å². The average molecular weight is 642 g/mol. The summed E-state index contributed by atoms with van der Waals surface area (Å²) in [6.45, 7) is 0. The van der Waals surface area contributed by atoms with E-state index in [-0.39, 0.29) is 0 Å². The monoisotopic (exact) mass is 641 g/mol. The number of para-hydroxylation sites is 2. The van der Waals surface area contributed by atoms with Gasteiger partial charge < -0.3 is 8.83 Å². The molecule has 4 aromatic heterocycles. The van der Waals surface area contributed by atoms with Gasteiger partial charge in [-0.15, -0.1) is 0 Å². The Bertz CT molecular complexity index is 2870. The van der Waals surface area contributed by atoms with Crippen LogP contribution in [0.1, 0.15) is 0 Å². The lowest BCUT2D eigenvalue weighted by Crippen LogP contribution is -1.96. The molecule has 0 fully saturated rings. The molecular weight excluding hydrogens is 615 g/mol. The highest BCUT2D eigenvalue weighted by atomic mass is 16.3. The van der Waals surface area contributed by atoms with Crippen LogP contribution in [0.3, 0.4) is 0 Å². The van der Waals surface area contributed by atoms with Gasteiger partial charge in [0.1, 0.15) is 22.3 Å². The van der Waals surface area contributed by atoms with E-state index in [2.05, 4.69) is 102 Å². The number of furan rings is 2. The largest absolute Gasteiger partial charge is 0.456 e. The van der Waals surface area contributed by atoms with Crippen molar-refractivity contribution < 1.29 is 8.83 Å². The van der Waals surface area contributed by atoms with Crippen LogP contribution in [0.15, 0.2) is 173 Å². The summed E-state index contributed by atoms with van der Waals surface area (Å²) in [6, 6.07) is 52.0. The first-order valence-corrected chi connectivity index (χ1v) is 16.6. The Kier molecular flexibility index (Phi) is 6.42. The zero-order valence-corrected chi connectivity index (χ0v) is 26.7. The van der Waals surface area contributed by atoms with E-state index >= 15 is 0 Å². The van der Waals surface area contributed by atoms with Crippen molar-refractivity contribution in [1.29, 1.82) is 0 Å². The zero-order chi connectivity index (χ0) is 33.0. The Hall–Kier alpha value is -6.85. The molecule has 0 amide bonds. The van der Waals surface area contributed by atoms with Crippen molar-refractivity contribution in [3.8, 4) is 56.2 Å². The summed E-state index contributed by atoms with van der Waals surface area (Å²) in [5.41, 5.74) is 12.4. The third-order valence-corrected chi connectivity index (χ3v) is 9.41. The summed E-state index contributed by atoms with van der Waals surface area (Å²) in [5, 5.41) is 4.39. The fraction of sp³-hybridized carbons (Fsp3) is 0. The average Bonchev–Trinajstić information content (AvgIpc) is 3.76. The van der Waals surface area contributed by atoms with Gasteiger partial charge in [0.2, 0.25) is 0 Å². The van der Waals surface area contributed by atoms with E-state index in [0.29, 0.717) is 5.82 Å². The van der Waals surface area contributed by atoms with E-state index in [1.165, 1.54) is 0 Å². The summed E-state index contributed by atoms with van der Waals surface area (Å²) in [7, 11) is 0. The first-order chi connectivity index (χ1) is 24.7. The van der Waals surface area contributed by atoms with E-state index in [1.54, 1.807) is 6.20 Å². The number of rotatable bonds is 5. The molecule has 0 atom stereocenters. The lowest BCUT2D eigenvalue weighted by Gasteiger charge is -2.11. The van der Waals surface area contributed by atoms with E-state index in [9.17, 15) is 0 Å². The van der Waals surface area contributed by atoms with Crippen molar-refractivity contribution in [1.82, 2.24) is 15.0 Å². The highest BCUT2D eigenvalue weighted by molar-refractivity contribution is 6.07. The summed E-state index contributed by atoms with van der Waals surface area (Å²) < 4.78 is 12.3. The summed E-state index contributed by atoms with van der Waals surface area (Å²) in [6.07, 6.45) is 3.66. The molecule has 10 aromatic rings. The van der Waals surface area contributed by atoms with Crippen LogP contribution in [0.5, 0.6) is 0 Å². The number of pyridine rings is 1. The van der Waals surface area contributed by atoms with Gasteiger partial charge in [0.25, 0.3) is 0 Å². The minimum absolute atomic E-state index is 0.653. The molecule has 50 heavy (non-hydrogen) atoms. The van der Waals surface area contributed by atoms with Crippen LogP contribution in [0, 0.1) is 0 Å². The molecule has 0 radical (unpaired) electrons. The highest BCUT2D eigenvalue weighted by Gasteiger charge is 2.15. The topological polar surface area (TPSA) is 65.0 Å². The van der Waals surface area contributed by atoms with Crippen molar-refractivity contribution >= 4 is 43.9 Å². The zero-order valence-electron chi connectivity index (χ0n) is 26.7. The molecule has 5 heteroatoms. The molecule has 0 spiro atoms. The third-order valence-electron chi connectivity index (χ3n) is 9.41. The molecule has 0 N–H and O–H groups in total. The van der Waals surface area contributed by atoms with Crippen molar-refractivity contribution in [3.63, 3.8) is 0 Å². The van der Waals surface area contributed by atoms with Crippen molar-refractivity contribution in [2.45, 2.75) is 0 Å². The van der Waals surface area contributed by atoms with Crippen molar-refractivity contribution in [2.24, 2.45) is 0 Å². The van der Waals surface area contributed by atoms with E-state index < -0.39 is 0 Å². The molecule has 0 aliphatic heterocycles. The highest BCUT2D eigenvalue weighted by Crippen LogP contribution is 2.36. The number of hydrogen-bond donors (Lipinski definition) is 0. The number of benzene rings is 6. The molecule has 5 nitrogen and oxygen atoms in total. The first kappa shape index (κ1) is 28.2. The summed E-state index contributed by atoms with van der Waals surface area (Å²) in [5.74, 6) is 0.653. The molecule has 0 aliphatic rings. The predicted octanol–water partition coefficient (Wildman–Crippen LogP) is 12.0. The fourth-order valence-corrected chi connectivity index (χ4v) is 6.87. The first-order valence-electron chi connectivity index (χ1n) is 16.6. The Labute approximate surface area is 287 Å². The lowest BCUT2D eigenvalue weighted by molar-refractivity contribution is 0.668. The van der Waals surface area contributed by atoms with Crippen molar-refractivity contribution in [3.05, 3.63) is 164 Å². The maximum atomic E-state index is 6.17. The summed E-state index contributed by atoms with van der Waals surface area (Å²) >= 11 is 0. The smallest absolute Gasteiger partial charge is 0.160 e. The second-order valence-corrected chi connectivity index (χ2v) is 12.5. The molecule has 10 rings (SSSR count). The minimum Gasteiger partial charge on any atom is -0.456 e. The Morgan fingerprint density at radius 1 is 0.340 bits per heavy atom. The number of aromatic nitrogens is 3. The standard InChI is InChI=1S/C45H27N3O2/c1-3-12-41-35(10-1)37-20-18-31(25-44(37)50-41)28-14-16-29(17-15-28)39-26-40(32-19-21-43-38(24-32)36-11-2-4-13-42(36)49-43)48-45(47-39)33-8-5-7-30(23-33)34-9-6-22-46-27-34/h1-27H. The van der Waals surface area contributed by atoms with Crippen LogP contribution in [-0.2, 0) is 0 Å². The minimum atomic E-state index is 0.653. The van der Waals surface area contributed by atoms with Crippen LogP contribution in [0.25, 0.3) is 100 Å². The Balaban J connectivity index is 1.09. The van der Waals surface area contributed by atoms with Crippen LogP contribution in [0.2, 0.25) is 0 Å². The normalized spacial score (nSPS) is 11.6. The van der Waals surface area contributed by atoms with Gasteiger partial charge in [-0.25, -0.2) is 9.97 Å². The summed E-state index contributed by atoms with van der Waals surface area (Å²) in [4.78, 5) is 14.6. The second kappa shape index (κ2) is 11.4. The Morgan fingerprint density at radius 3 is 1.74 bits per heavy atom. The Morgan fingerprint density at radius 2 is 0.940 bits per heavy atom. The SMILES string of the molecule is c1cncc(-c2cccc(-c3nc(-c4ccc(-c5ccc6c(c5)oc5ccccc56)cc4)cc(-c4ccc5oc6ccccc6c5c4)n3)c2)c1. The quantitative estimate of drug-likeness (QED) is 0.187. The molecule has 234 valence electrons. The number of nitrogens with zero attached hydrogens (tertiary/aromatic N) is 3. The molecule has 0 saturated carbocycles. The van der Waals surface area contributed by atoms with Crippen LogP contribution < -0.4 is 0 Å². The van der Waals surface area contributed by atoms with E-state index in [4.69, 9.17) is 18.8 Å². The molecule has 6 aromatic carbocycles. The molecule has 0 bridgehead atoms. The predicted molar refractivity (Wildman–Crippen MR) is 202 cm³/mol. The van der Waals surface area contributed by atoms with Crippen LogP contribution in [-0.4, -0.2) is 15.0 Å². The second-order valence-electron chi connectivity index (χ2n) is 12.5. The maximum Gasteiger partial charge on any atom is 0.160 e. The van der Waals surface area contributed by atoms with Gasteiger partial charge in [-0.05, 0) is 77.4 Å². The van der Waals surface area contributed by atoms with Gasteiger partial charge in [-0.1, -0.05) is 91.0 Å². The van der Waals surface area contributed by atoms with Gasteiger partial charge in [0, 0.05) is 56.2 Å². The van der Waals surface area contributed by atoms with Crippen molar-refractivity contribution in [2.75, 3.05) is 0 Å². The lowest BCUT2D eigenvalue weighted by atomic mass is 10.00.